The van der Waals surface area contributed by atoms with Crippen molar-refractivity contribution in [3.8, 4) is 17.2 Å². The Morgan fingerprint density at radius 3 is 2.75 bits per heavy atom. The van der Waals surface area contributed by atoms with E-state index < -0.39 is 19.6 Å². The lowest BCUT2D eigenvalue weighted by Crippen LogP contribution is -2.14. The third-order valence-electron chi connectivity index (χ3n) is 3.81. The standard InChI is InChI=1S/C18H15N3O3/c1-23-12-5-3-4-11(8-12)21-18(22)15-10-19-16-7-6-13(24-2)9-14(16)17(15)20-21/h3-10,20H,1-2H3/i1D3,2D3. The molecular formula is C18H15N3O3. The van der Waals surface area contributed by atoms with E-state index in [9.17, 15) is 4.79 Å². The molecular weight excluding hydrogens is 306 g/mol. The molecule has 4 rings (SSSR count). The van der Waals surface area contributed by atoms with E-state index in [0.29, 0.717) is 22.1 Å². The van der Waals surface area contributed by atoms with Crippen molar-refractivity contribution < 1.29 is 17.7 Å². The Morgan fingerprint density at radius 1 is 1.08 bits per heavy atom. The minimum Gasteiger partial charge on any atom is -0.497 e. The molecule has 0 aliphatic rings. The molecule has 0 saturated carbocycles. The maximum atomic E-state index is 12.9. The summed E-state index contributed by atoms with van der Waals surface area (Å²) in [6.07, 6.45) is 1.42. The van der Waals surface area contributed by atoms with Crippen LogP contribution in [0.5, 0.6) is 11.5 Å². The van der Waals surface area contributed by atoms with Gasteiger partial charge in [-0.1, -0.05) is 6.07 Å². The molecule has 120 valence electrons. The van der Waals surface area contributed by atoms with Gasteiger partial charge < -0.3 is 9.47 Å². The lowest BCUT2D eigenvalue weighted by Gasteiger charge is -2.04. The number of rotatable bonds is 3. The summed E-state index contributed by atoms with van der Waals surface area (Å²) in [5, 5.41) is 3.75. The molecule has 0 atom stereocenters. The molecule has 2 aromatic carbocycles. The van der Waals surface area contributed by atoms with Crippen LogP contribution < -0.4 is 15.0 Å². The van der Waals surface area contributed by atoms with Gasteiger partial charge in [-0.05, 0) is 30.3 Å². The number of aromatic amines is 1. The van der Waals surface area contributed by atoms with Crippen LogP contribution in [0.1, 0.15) is 8.22 Å². The third-order valence-corrected chi connectivity index (χ3v) is 3.81. The van der Waals surface area contributed by atoms with Gasteiger partial charge in [0.15, 0.2) is 0 Å². The summed E-state index contributed by atoms with van der Waals surface area (Å²) < 4.78 is 54.5. The first kappa shape index (κ1) is 9.12. The average molecular weight is 327 g/mol. The first-order valence-electron chi connectivity index (χ1n) is 10.0. The van der Waals surface area contributed by atoms with Crippen LogP contribution in [0, 0.1) is 0 Å². The zero-order valence-corrected chi connectivity index (χ0v) is 12.2. The fraction of sp³-hybridized carbons (Fsp3) is 0.111. The molecule has 4 aromatic rings. The first-order valence-corrected chi connectivity index (χ1v) is 7.02. The highest BCUT2D eigenvalue weighted by Gasteiger charge is 2.13. The molecule has 0 unspecified atom stereocenters. The van der Waals surface area contributed by atoms with Gasteiger partial charge in [-0.2, -0.15) is 0 Å². The quantitative estimate of drug-likeness (QED) is 0.628. The van der Waals surface area contributed by atoms with Crippen molar-refractivity contribution in [1.29, 1.82) is 0 Å². The summed E-state index contributed by atoms with van der Waals surface area (Å²) >= 11 is 0. The second-order valence-corrected chi connectivity index (χ2v) is 5.18. The molecule has 0 radical (unpaired) electrons. The minimum atomic E-state index is -2.62. The van der Waals surface area contributed by atoms with Gasteiger partial charge in [0.2, 0.25) is 0 Å². The predicted molar refractivity (Wildman–Crippen MR) is 92.3 cm³/mol. The molecule has 0 aliphatic heterocycles. The Bertz CT molecular complexity index is 1310. The largest absolute Gasteiger partial charge is 0.497 e. The van der Waals surface area contributed by atoms with E-state index in [1.165, 1.54) is 35.1 Å². The van der Waals surface area contributed by atoms with E-state index >= 15 is 0 Å². The van der Waals surface area contributed by atoms with Gasteiger partial charge in [0.25, 0.3) is 5.56 Å². The molecule has 1 N–H and O–H groups in total. The predicted octanol–water partition coefficient (Wildman–Crippen LogP) is 2.88. The number of nitrogens with zero attached hydrogens (tertiary/aromatic N) is 2. The van der Waals surface area contributed by atoms with Crippen molar-refractivity contribution in [1.82, 2.24) is 14.8 Å². The van der Waals surface area contributed by atoms with E-state index in [2.05, 4.69) is 10.1 Å². The van der Waals surface area contributed by atoms with Crippen molar-refractivity contribution >= 4 is 21.8 Å². The maximum absolute atomic E-state index is 12.9. The third kappa shape index (κ3) is 2.11. The smallest absolute Gasteiger partial charge is 0.280 e. The summed E-state index contributed by atoms with van der Waals surface area (Å²) in [4.78, 5) is 17.2. The van der Waals surface area contributed by atoms with Crippen LogP contribution in [0.25, 0.3) is 27.5 Å². The Labute approximate surface area is 145 Å². The highest BCUT2D eigenvalue weighted by molar-refractivity contribution is 6.03. The molecule has 0 aliphatic carbocycles. The second-order valence-electron chi connectivity index (χ2n) is 5.18. The highest BCUT2D eigenvalue weighted by atomic mass is 16.5. The molecule has 6 nitrogen and oxygen atoms in total. The van der Waals surface area contributed by atoms with Crippen LogP contribution in [-0.4, -0.2) is 28.8 Å². The van der Waals surface area contributed by atoms with Crippen molar-refractivity contribution in [3.05, 3.63) is 59.0 Å². The van der Waals surface area contributed by atoms with Crippen molar-refractivity contribution in [2.45, 2.75) is 0 Å². The summed E-state index contributed by atoms with van der Waals surface area (Å²) in [5.74, 6) is 0.188. The fourth-order valence-electron chi connectivity index (χ4n) is 2.67. The van der Waals surface area contributed by atoms with E-state index in [1.807, 2.05) is 0 Å². The number of aromatic nitrogens is 3. The molecule has 0 spiro atoms. The zero-order valence-electron chi connectivity index (χ0n) is 18.2. The molecule has 24 heavy (non-hydrogen) atoms. The zero-order chi connectivity index (χ0) is 21.7. The van der Waals surface area contributed by atoms with E-state index in [-0.39, 0.29) is 16.9 Å². The van der Waals surface area contributed by atoms with Crippen molar-refractivity contribution in [3.63, 3.8) is 0 Å². The lowest BCUT2D eigenvalue weighted by molar-refractivity contribution is 0.414. The van der Waals surface area contributed by atoms with Crippen LogP contribution in [0.2, 0.25) is 0 Å². The summed E-state index contributed by atoms with van der Waals surface area (Å²) in [6, 6.07) is 10.6. The average Bonchev–Trinajstić information content (AvgIpc) is 2.96. The van der Waals surface area contributed by atoms with E-state index in [1.54, 1.807) is 18.2 Å². The number of benzene rings is 2. The molecule has 2 heterocycles. The Balaban J connectivity index is 1.86. The Hall–Kier alpha value is -3.28. The second kappa shape index (κ2) is 5.42. The van der Waals surface area contributed by atoms with Gasteiger partial charge in [0.1, 0.15) is 11.5 Å². The van der Waals surface area contributed by atoms with Gasteiger partial charge in [-0.25, -0.2) is 4.68 Å². The highest BCUT2D eigenvalue weighted by Crippen LogP contribution is 2.25. The van der Waals surface area contributed by atoms with Crippen LogP contribution in [0.15, 0.2) is 53.5 Å². The van der Waals surface area contributed by atoms with Crippen molar-refractivity contribution in [2.75, 3.05) is 14.1 Å². The molecule has 0 amide bonds. The molecule has 2 aromatic heterocycles. The number of hydrogen-bond acceptors (Lipinski definition) is 4. The number of methoxy groups -OCH3 is 2. The SMILES string of the molecule is [2H]C([2H])([2H])Oc1cccc(-n2[nH]c3c(cnc4ccc(OC([2H])([2H])[2H])cc43)c2=O)c1. The monoisotopic (exact) mass is 327 g/mol. The number of H-pyrrole nitrogens is 1. The number of nitrogens with one attached hydrogen (secondary N) is 1. The normalized spacial score (nSPS) is 15.8. The van der Waals surface area contributed by atoms with E-state index in [0.717, 1.165) is 0 Å². The molecule has 0 saturated heterocycles. The maximum Gasteiger partial charge on any atom is 0.280 e. The fourth-order valence-corrected chi connectivity index (χ4v) is 2.67. The minimum absolute atomic E-state index is 0.0782. The van der Waals surface area contributed by atoms with Gasteiger partial charge in [0, 0.05) is 17.6 Å². The topological polar surface area (TPSA) is 69.1 Å². The number of pyridine rings is 1. The summed E-state index contributed by atoms with van der Waals surface area (Å²) in [6.45, 7) is 0. The lowest BCUT2D eigenvalue weighted by atomic mass is 10.1. The Kier molecular flexibility index (Phi) is 2.06. The van der Waals surface area contributed by atoms with E-state index in [4.69, 9.17) is 17.7 Å². The van der Waals surface area contributed by atoms with Crippen LogP contribution in [0.4, 0.5) is 0 Å². The van der Waals surface area contributed by atoms with Crippen LogP contribution in [-0.2, 0) is 0 Å². The summed E-state index contributed by atoms with van der Waals surface area (Å²) in [5.41, 5.74) is 0.921. The number of hydrogen-bond donors (Lipinski definition) is 1. The molecule has 0 fully saturated rings. The van der Waals surface area contributed by atoms with Crippen LogP contribution >= 0.6 is 0 Å². The molecule has 6 heteroatoms. The molecule has 0 bridgehead atoms. The van der Waals surface area contributed by atoms with Gasteiger partial charge >= 0.3 is 0 Å². The Morgan fingerprint density at radius 2 is 1.92 bits per heavy atom. The van der Waals surface area contributed by atoms with Gasteiger partial charge in [-0.15, -0.1) is 0 Å². The first-order chi connectivity index (χ1) is 14.0. The van der Waals surface area contributed by atoms with Crippen LogP contribution in [0.3, 0.4) is 0 Å². The van der Waals surface area contributed by atoms with Gasteiger partial charge in [-0.3, -0.25) is 14.9 Å². The van der Waals surface area contributed by atoms with Gasteiger partial charge in [0.05, 0.1) is 44.4 Å². The van der Waals surface area contributed by atoms with Crippen molar-refractivity contribution in [2.24, 2.45) is 0 Å². The summed E-state index contributed by atoms with van der Waals surface area (Å²) in [7, 11) is -5.24. The number of fused-ring (bicyclic) bond motifs is 3. The number of ether oxygens (including phenoxy) is 2.